The molecule has 0 spiro atoms. The van der Waals surface area contributed by atoms with Crippen LogP contribution < -0.4 is 10.6 Å². The van der Waals surface area contributed by atoms with Crippen LogP contribution in [0.1, 0.15) is 31.1 Å². The number of rotatable bonds is 3. The lowest BCUT2D eigenvalue weighted by Crippen LogP contribution is -2.63. The number of piperazine rings is 1. The quantitative estimate of drug-likeness (QED) is 0.899. The van der Waals surface area contributed by atoms with E-state index in [-0.39, 0.29) is 11.8 Å². The summed E-state index contributed by atoms with van der Waals surface area (Å²) in [6.07, 6.45) is 0. The number of carbonyl (C=O) groups is 2. The summed E-state index contributed by atoms with van der Waals surface area (Å²) in [5, 5.41) is 6.44. The number of nitrogens with one attached hydrogen (secondary N) is 2. The molecule has 0 bridgehead atoms. The minimum Gasteiger partial charge on any atom is -0.385 e. The largest absolute Gasteiger partial charge is 0.385 e. The second kappa shape index (κ2) is 5.93. The van der Waals surface area contributed by atoms with E-state index in [4.69, 9.17) is 11.6 Å². The number of nitrogens with zero attached hydrogens (tertiary/aromatic N) is 1. The van der Waals surface area contributed by atoms with Crippen molar-refractivity contribution in [2.45, 2.75) is 26.3 Å². The third-order valence-corrected chi connectivity index (χ3v) is 3.91. The van der Waals surface area contributed by atoms with Crippen molar-refractivity contribution in [2.24, 2.45) is 0 Å². The lowest BCUT2D eigenvalue weighted by atomic mass is 9.97. The summed E-state index contributed by atoms with van der Waals surface area (Å²) in [7, 11) is 0. The molecule has 0 saturated carbocycles. The molecule has 2 rings (SSSR count). The molecule has 0 radical (unpaired) electrons. The van der Waals surface area contributed by atoms with Gasteiger partial charge in [0.05, 0.1) is 5.56 Å². The van der Waals surface area contributed by atoms with Crippen LogP contribution in [0, 0.1) is 0 Å². The first-order valence-corrected chi connectivity index (χ1v) is 7.39. The SMILES string of the molecule is CCNc1ccc(Cl)cc1C(=O)N1CCNC(=O)C1(C)C. The highest BCUT2D eigenvalue weighted by atomic mass is 35.5. The van der Waals surface area contributed by atoms with Gasteiger partial charge in [0, 0.05) is 30.3 Å². The van der Waals surface area contributed by atoms with Crippen molar-refractivity contribution in [3.63, 3.8) is 0 Å². The van der Waals surface area contributed by atoms with Gasteiger partial charge in [-0.2, -0.15) is 0 Å². The van der Waals surface area contributed by atoms with Crippen molar-refractivity contribution in [3.8, 4) is 0 Å². The summed E-state index contributed by atoms with van der Waals surface area (Å²) >= 11 is 6.02. The molecule has 5 nitrogen and oxygen atoms in total. The van der Waals surface area contributed by atoms with Crippen LogP contribution in [0.4, 0.5) is 5.69 Å². The van der Waals surface area contributed by atoms with Gasteiger partial charge in [-0.3, -0.25) is 9.59 Å². The molecule has 0 atom stereocenters. The third kappa shape index (κ3) is 2.97. The van der Waals surface area contributed by atoms with E-state index >= 15 is 0 Å². The minimum atomic E-state index is -0.874. The van der Waals surface area contributed by atoms with Crippen LogP contribution in [-0.4, -0.2) is 41.9 Å². The number of hydrogen-bond donors (Lipinski definition) is 2. The summed E-state index contributed by atoms with van der Waals surface area (Å²) in [5.41, 5.74) is 0.349. The third-order valence-electron chi connectivity index (χ3n) is 3.68. The van der Waals surface area contributed by atoms with Crippen LogP contribution in [0.15, 0.2) is 18.2 Å². The van der Waals surface area contributed by atoms with Crippen molar-refractivity contribution >= 4 is 29.1 Å². The Balaban J connectivity index is 2.39. The highest BCUT2D eigenvalue weighted by Gasteiger charge is 2.41. The normalized spacial score (nSPS) is 17.3. The molecule has 1 saturated heterocycles. The molecule has 1 aromatic rings. The fourth-order valence-corrected chi connectivity index (χ4v) is 2.61. The first-order chi connectivity index (χ1) is 9.87. The molecule has 0 aromatic heterocycles. The van der Waals surface area contributed by atoms with E-state index < -0.39 is 5.54 Å². The van der Waals surface area contributed by atoms with Gasteiger partial charge in [-0.15, -0.1) is 0 Å². The van der Waals surface area contributed by atoms with E-state index in [1.165, 1.54) is 0 Å². The monoisotopic (exact) mass is 309 g/mol. The number of hydrogen-bond acceptors (Lipinski definition) is 3. The van der Waals surface area contributed by atoms with Gasteiger partial charge in [-0.1, -0.05) is 11.6 Å². The van der Waals surface area contributed by atoms with Crippen molar-refractivity contribution in [1.29, 1.82) is 0 Å². The van der Waals surface area contributed by atoms with Crippen LogP contribution in [0.5, 0.6) is 0 Å². The lowest BCUT2D eigenvalue weighted by Gasteiger charge is -2.41. The molecular weight excluding hydrogens is 290 g/mol. The van der Waals surface area contributed by atoms with Crippen molar-refractivity contribution in [1.82, 2.24) is 10.2 Å². The van der Waals surface area contributed by atoms with E-state index in [0.29, 0.717) is 30.2 Å². The topological polar surface area (TPSA) is 61.4 Å². The Hall–Kier alpha value is -1.75. The van der Waals surface area contributed by atoms with Gasteiger partial charge in [0.25, 0.3) is 5.91 Å². The summed E-state index contributed by atoms with van der Waals surface area (Å²) in [6.45, 7) is 7.10. The Kier molecular flexibility index (Phi) is 4.42. The number of benzene rings is 1. The van der Waals surface area contributed by atoms with Crippen LogP contribution in [0.25, 0.3) is 0 Å². The minimum absolute atomic E-state index is 0.144. The van der Waals surface area contributed by atoms with Crippen molar-refractivity contribution in [3.05, 3.63) is 28.8 Å². The highest BCUT2D eigenvalue weighted by Crippen LogP contribution is 2.26. The smallest absolute Gasteiger partial charge is 0.256 e. The number of amides is 2. The van der Waals surface area contributed by atoms with Gasteiger partial charge in [-0.25, -0.2) is 0 Å². The second-order valence-electron chi connectivity index (χ2n) is 5.49. The summed E-state index contributed by atoms with van der Waals surface area (Å²) < 4.78 is 0. The summed E-state index contributed by atoms with van der Waals surface area (Å²) in [4.78, 5) is 26.4. The van der Waals surface area contributed by atoms with Crippen LogP contribution >= 0.6 is 11.6 Å². The molecule has 0 unspecified atom stereocenters. The molecule has 1 aromatic carbocycles. The molecule has 1 fully saturated rings. The van der Waals surface area contributed by atoms with Gasteiger partial charge in [-0.05, 0) is 39.0 Å². The maximum absolute atomic E-state index is 12.9. The average Bonchev–Trinajstić information content (AvgIpc) is 2.43. The maximum Gasteiger partial charge on any atom is 0.256 e. The van der Waals surface area contributed by atoms with Crippen molar-refractivity contribution in [2.75, 3.05) is 25.0 Å². The molecule has 1 aliphatic heterocycles. The number of carbonyl (C=O) groups excluding carboxylic acids is 2. The van der Waals surface area contributed by atoms with Gasteiger partial charge in [0.2, 0.25) is 5.91 Å². The molecule has 21 heavy (non-hydrogen) atoms. The predicted octanol–water partition coefficient (Wildman–Crippen LogP) is 2.12. The van der Waals surface area contributed by atoms with Crippen LogP contribution in [0.2, 0.25) is 5.02 Å². The van der Waals surface area contributed by atoms with E-state index in [2.05, 4.69) is 10.6 Å². The molecule has 1 heterocycles. The lowest BCUT2D eigenvalue weighted by molar-refractivity contribution is -0.133. The van der Waals surface area contributed by atoms with E-state index in [1.54, 1.807) is 36.9 Å². The fraction of sp³-hybridized carbons (Fsp3) is 0.467. The molecule has 2 N–H and O–H groups in total. The Morgan fingerprint density at radius 3 is 2.86 bits per heavy atom. The van der Waals surface area contributed by atoms with E-state index in [1.807, 2.05) is 6.92 Å². The Morgan fingerprint density at radius 1 is 1.48 bits per heavy atom. The zero-order valence-electron chi connectivity index (χ0n) is 12.5. The first-order valence-electron chi connectivity index (χ1n) is 7.01. The summed E-state index contributed by atoms with van der Waals surface area (Å²) in [5.74, 6) is -0.331. The summed E-state index contributed by atoms with van der Waals surface area (Å²) in [6, 6.07) is 5.17. The fourth-order valence-electron chi connectivity index (χ4n) is 2.44. The number of anilines is 1. The maximum atomic E-state index is 12.9. The van der Waals surface area contributed by atoms with E-state index in [9.17, 15) is 9.59 Å². The van der Waals surface area contributed by atoms with Gasteiger partial charge in [0.15, 0.2) is 0 Å². The predicted molar refractivity (Wildman–Crippen MR) is 83.7 cm³/mol. The average molecular weight is 310 g/mol. The number of halogens is 1. The Bertz CT molecular complexity index is 572. The molecule has 0 aliphatic carbocycles. The molecule has 114 valence electrons. The molecule has 1 aliphatic rings. The van der Waals surface area contributed by atoms with Gasteiger partial charge < -0.3 is 15.5 Å². The van der Waals surface area contributed by atoms with Crippen LogP contribution in [0.3, 0.4) is 0 Å². The van der Waals surface area contributed by atoms with E-state index in [0.717, 1.165) is 5.69 Å². The Morgan fingerprint density at radius 2 is 2.19 bits per heavy atom. The van der Waals surface area contributed by atoms with Crippen LogP contribution in [-0.2, 0) is 4.79 Å². The Labute approximate surface area is 129 Å². The molecule has 2 amide bonds. The second-order valence-corrected chi connectivity index (χ2v) is 5.93. The van der Waals surface area contributed by atoms with Gasteiger partial charge >= 0.3 is 0 Å². The molecular formula is C15H20ClN3O2. The highest BCUT2D eigenvalue weighted by molar-refractivity contribution is 6.31. The zero-order valence-corrected chi connectivity index (χ0v) is 13.3. The first kappa shape index (κ1) is 15.6. The standard InChI is InChI=1S/C15H20ClN3O2/c1-4-17-12-6-5-10(16)9-11(12)13(20)19-8-7-18-14(21)15(19,2)3/h5-6,9,17H,4,7-8H2,1-3H3,(H,18,21). The van der Waals surface area contributed by atoms with Crippen molar-refractivity contribution < 1.29 is 9.59 Å². The molecule has 6 heteroatoms. The zero-order chi connectivity index (χ0) is 15.6. The van der Waals surface area contributed by atoms with Gasteiger partial charge in [0.1, 0.15) is 5.54 Å².